The summed E-state index contributed by atoms with van der Waals surface area (Å²) in [6.07, 6.45) is 3.13. The number of nitrogens with zero attached hydrogens (tertiary/aromatic N) is 5. The minimum absolute atomic E-state index is 0.0476. The zero-order valence-corrected chi connectivity index (χ0v) is 24.1. The van der Waals surface area contributed by atoms with E-state index in [2.05, 4.69) is 30.5 Å². The molecule has 0 aliphatic rings. The Bertz CT molecular complexity index is 1760. The van der Waals surface area contributed by atoms with E-state index < -0.39 is 10.0 Å². The predicted octanol–water partition coefficient (Wildman–Crippen LogP) is 5.64. The summed E-state index contributed by atoms with van der Waals surface area (Å²) in [5.41, 5.74) is 5.77. The third-order valence-electron chi connectivity index (χ3n) is 5.29. The van der Waals surface area contributed by atoms with Gasteiger partial charge in [0.15, 0.2) is 0 Å². The predicted molar refractivity (Wildman–Crippen MR) is 156 cm³/mol. The Labute approximate surface area is 239 Å². The molecule has 11 nitrogen and oxygen atoms in total. The van der Waals surface area contributed by atoms with Crippen molar-refractivity contribution in [1.29, 1.82) is 0 Å². The molecule has 0 saturated heterocycles. The van der Waals surface area contributed by atoms with E-state index in [0.717, 1.165) is 11.1 Å². The van der Waals surface area contributed by atoms with Crippen LogP contribution in [0.25, 0.3) is 11.3 Å². The van der Waals surface area contributed by atoms with Gasteiger partial charge in [-0.2, -0.15) is 0 Å². The van der Waals surface area contributed by atoms with Gasteiger partial charge in [-0.3, -0.25) is 0 Å². The molecule has 2 heterocycles. The first-order chi connectivity index (χ1) is 19.4. The number of benzene rings is 3. The van der Waals surface area contributed by atoms with Crippen LogP contribution in [0.2, 0.25) is 0 Å². The average molecular weight is 639 g/mol. The zero-order chi connectivity index (χ0) is 28.0. The van der Waals surface area contributed by atoms with Crippen molar-refractivity contribution in [3.05, 3.63) is 89.9 Å². The number of azo groups is 1. The molecule has 2 aromatic heterocycles. The maximum absolute atomic E-state index is 12.6. The van der Waals surface area contributed by atoms with E-state index in [-0.39, 0.29) is 25.1 Å². The Morgan fingerprint density at radius 3 is 2.58 bits per heavy atom. The quantitative estimate of drug-likeness (QED) is 0.0776. The van der Waals surface area contributed by atoms with Gasteiger partial charge in [0.2, 0.25) is 0 Å². The number of aromatic hydroxyl groups is 1. The summed E-state index contributed by atoms with van der Waals surface area (Å²) in [7, 11) is -2.28. The molecule has 0 unspecified atom stereocenters. The third kappa shape index (κ3) is 6.61. The Balaban J connectivity index is 1.35. The van der Waals surface area contributed by atoms with Crippen LogP contribution in [0.15, 0.2) is 105 Å². The van der Waals surface area contributed by atoms with Crippen molar-refractivity contribution in [2.24, 2.45) is 15.3 Å². The summed E-state index contributed by atoms with van der Waals surface area (Å²) >= 11 is 0.877. The van der Waals surface area contributed by atoms with E-state index in [0.29, 0.717) is 31.5 Å². The van der Waals surface area contributed by atoms with E-state index in [1.54, 1.807) is 35.9 Å². The first kappa shape index (κ1) is 27.2. The molecule has 3 N–H and O–H groups in total. The molecule has 40 heavy (non-hydrogen) atoms. The Kier molecular flexibility index (Phi) is 8.31. The van der Waals surface area contributed by atoms with Gasteiger partial charge in [0.25, 0.3) is 0 Å². The number of rotatable bonds is 10. The van der Waals surface area contributed by atoms with Crippen molar-refractivity contribution in [2.75, 3.05) is 17.3 Å². The van der Waals surface area contributed by atoms with Crippen LogP contribution in [0.1, 0.15) is 5.56 Å². The maximum atomic E-state index is 12.6. The SMILES string of the molecule is COc1cc(/C=N/Nc2nc(-c3ccccc3)c(N=Nc3ccc(S(=O)(=O)Nc4nccs4)cc3)[se]2)ccc1O. The number of hydrazone groups is 1. The summed E-state index contributed by atoms with van der Waals surface area (Å²) in [4.78, 5) is 8.75. The summed E-state index contributed by atoms with van der Waals surface area (Å²) in [5.74, 6) is 0.398. The van der Waals surface area contributed by atoms with E-state index in [4.69, 9.17) is 9.72 Å². The van der Waals surface area contributed by atoms with Gasteiger partial charge in [-0.1, -0.05) is 0 Å². The molecule has 5 rings (SSSR count). The van der Waals surface area contributed by atoms with Crippen LogP contribution in [0.3, 0.4) is 0 Å². The van der Waals surface area contributed by atoms with Crippen LogP contribution in [0, 0.1) is 0 Å². The number of anilines is 2. The van der Waals surface area contributed by atoms with E-state index >= 15 is 0 Å². The van der Waals surface area contributed by atoms with Crippen LogP contribution in [0.4, 0.5) is 20.1 Å². The molecule has 0 atom stereocenters. The molecule has 0 aliphatic heterocycles. The Morgan fingerprint density at radius 1 is 1.05 bits per heavy atom. The van der Waals surface area contributed by atoms with E-state index in [1.807, 2.05) is 30.3 Å². The third-order valence-corrected chi connectivity index (χ3v) is 9.24. The average Bonchev–Trinajstić information content (AvgIpc) is 3.63. The van der Waals surface area contributed by atoms with Crippen LogP contribution in [-0.4, -0.2) is 51.3 Å². The molecule has 202 valence electrons. The number of hydrogen-bond donors (Lipinski definition) is 3. The van der Waals surface area contributed by atoms with Gasteiger partial charge >= 0.3 is 241 Å². The molecule has 14 heteroatoms. The molecular formula is C26H21N7O4S2Se. The number of aromatic nitrogens is 2. The van der Waals surface area contributed by atoms with Crippen LogP contribution in [-0.2, 0) is 10.0 Å². The van der Waals surface area contributed by atoms with Crippen molar-refractivity contribution in [1.82, 2.24) is 9.97 Å². The summed E-state index contributed by atoms with van der Waals surface area (Å²) in [6.45, 7) is 0. The standard InChI is InChI=1S/C26H21N7O4S2Se/c1-37-22-15-17(7-12-21(22)34)16-28-32-26-29-23(18-5-3-2-4-6-18)24(40-26)31-30-19-8-10-20(11-9-19)39(35,36)33-25-27-13-14-38-25/h2-16,34H,1H3,(H,27,33)(H,29,32)/b28-16+,31-30?. The van der Waals surface area contributed by atoms with Gasteiger partial charge in [-0.15, -0.1) is 0 Å². The van der Waals surface area contributed by atoms with Crippen molar-refractivity contribution >= 4 is 62.2 Å². The van der Waals surface area contributed by atoms with Gasteiger partial charge in [0.1, 0.15) is 0 Å². The number of phenols is 1. The second-order valence-corrected chi connectivity index (χ2v) is 12.6. The first-order valence-electron chi connectivity index (χ1n) is 11.6. The topological polar surface area (TPSA) is 151 Å². The minimum atomic E-state index is -3.76. The van der Waals surface area contributed by atoms with Crippen molar-refractivity contribution < 1.29 is 18.3 Å². The fourth-order valence-corrected chi connectivity index (χ4v) is 6.77. The van der Waals surface area contributed by atoms with Gasteiger partial charge in [0, 0.05) is 0 Å². The summed E-state index contributed by atoms with van der Waals surface area (Å²) in [5, 5.41) is 24.8. The Hall–Kier alpha value is -4.36. The molecule has 0 radical (unpaired) electrons. The normalized spacial score (nSPS) is 11.7. The Morgan fingerprint density at radius 2 is 1.85 bits per heavy atom. The van der Waals surface area contributed by atoms with Crippen LogP contribution < -0.4 is 14.9 Å². The summed E-state index contributed by atoms with van der Waals surface area (Å²) < 4.78 is 34.1. The second kappa shape index (κ2) is 12.2. The number of ether oxygens (including phenoxy) is 1. The number of methoxy groups -OCH3 is 1. The first-order valence-corrected chi connectivity index (χ1v) is 15.7. The van der Waals surface area contributed by atoms with Crippen LogP contribution >= 0.6 is 11.3 Å². The fraction of sp³-hybridized carbons (Fsp3) is 0.0385. The second-order valence-electron chi connectivity index (χ2n) is 7.98. The molecule has 0 fully saturated rings. The number of hydrogen-bond acceptors (Lipinski definition) is 11. The molecule has 0 saturated carbocycles. The fourth-order valence-electron chi connectivity index (χ4n) is 3.39. The van der Waals surface area contributed by atoms with Crippen molar-refractivity contribution in [3.8, 4) is 22.8 Å². The molecule has 0 aliphatic carbocycles. The van der Waals surface area contributed by atoms with Gasteiger partial charge in [-0.25, -0.2) is 0 Å². The van der Waals surface area contributed by atoms with Gasteiger partial charge in [-0.05, 0) is 0 Å². The number of nitrogens with one attached hydrogen (secondary N) is 2. The molecule has 0 bridgehead atoms. The van der Waals surface area contributed by atoms with Crippen molar-refractivity contribution in [2.45, 2.75) is 4.90 Å². The van der Waals surface area contributed by atoms with Gasteiger partial charge in [0.05, 0.1) is 0 Å². The molecule has 0 amide bonds. The zero-order valence-electron chi connectivity index (χ0n) is 20.8. The molecule has 0 spiro atoms. The van der Waals surface area contributed by atoms with Crippen molar-refractivity contribution in [3.63, 3.8) is 0 Å². The number of thiazole rings is 1. The molecular weight excluding hydrogens is 617 g/mol. The monoisotopic (exact) mass is 639 g/mol. The van der Waals surface area contributed by atoms with E-state index in [9.17, 15) is 13.5 Å². The molecule has 5 aromatic rings. The molecule has 3 aromatic carbocycles. The number of phenolic OH excluding ortho intramolecular Hbond substituents is 1. The number of sulfonamides is 1. The summed E-state index contributed by atoms with van der Waals surface area (Å²) in [6, 6.07) is 20.6. The van der Waals surface area contributed by atoms with Gasteiger partial charge < -0.3 is 0 Å². The van der Waals surface area contributed by atoms with E-state index in [1.165, 1.54) is 42.8 Å². The van der Waals surface area contributed by atoms with Crippen LogP contribution in [0.5, 0.6) is 11.5 Å².